The first-order chi connectivity index (χ1) is 30.7. The Bertz CT molecular complexity index is 933. The molecule has 5 N–H and O–H groups in total. The van der Waals surface area contributed by atoms with Crippen LogP contribution in [0.2, 0.25) is 0 Å². The summed E-state index contributed by atoms with van der Waals surface area (Å²) < 4.78 is 27.0. The zero-order chi connectivity index (χ0) is 46.9. The van der Waals surface area contributed by atoms with Crippen molar-refractivity contribution >= 4 is 11.9 Å². The van der Waals surface area contributed by atoms with Gasteiger partial charge in [0.15, 0.2) is 0 Å². The second kappa shape index (κ2) is 51.6. The molecule has 0 aromatic rings. The van der Waals surface area contributed by atoms with E-state index in [0.717, 1.165) is 122 Å². The molecule has 63 heavy (non-hydrogen) atoms. The van der Waals surface area contributed by atoms with E-state index in [9.17, 15) is 19.8 Å². The normalized spacial score (nSPS) is 13.4. The van der Waals surface area contributed by atoms with E-state index < -0.39 is 12.2 Å². The predicted molar refractivity (Wildman–Crippen MR) is 256 cm³/mol. The summed E-state index contributed by atoms with van der Waals surface area (Å²) in [5.41, 5.74) is 0. The van der Waals surface area contributed by atoms with Gasteiger partial charge in [-0.2, -0.15) is 0 Å². The summed E-state index contributed by atoms with van der Waals surface area (Å²) in [6.07, 6.45) is 29.0. The number of carbonyl (C=O) groups excluding carboxylic acids is 2. The number of aliphatic hydroxyl groups excluding tert-OH is 4. The van der Waals surface area contributed by atoms with Crippen molar-refractivity contribution in [2.45, 2.75) is 224 Å². The lowest BCUT2D eigenvalue weighted by molar-refractivity contribution is -0.140. The van der Waals surface area contributed by atoms with Crippen LogP contribution in [0.1, 0.15) is 200 Å². The number of carbonyl (C=O) groups is 2. The van der Waals surface area contributed by atoms with Crippen LogP contribution in [0.25, 0.3) is 0 Å². The number of nitrogens with one attached hydrogen (secondary N) is 1. The van der Waals surface area contributed by atoms with Gasteiger partial charge in [-0.25, -0.2) is 0 Å². The molecule has 0 aromatic heterocycles. The number of rotatable bonds is 48. The van der Waals surface area contributed by atoms with Crippen molar-refractivity contribution in [3.05, 3.63) is 0 Å². The molecule has 0 saturated carbocycles. The molecule has 0 fully saturated rings. The maximum Gasteiger partial charge on any atom is 0.305 e. The van der Waals surface area contributed by atoms with E-state index in [1.165, 1.54) is 71.3 Å². The molecule has 4 unspecified atom stereocenters. The van der Waals surface area contributed by atoms with Crippen LogP contribution in [0.5, 0.6) is 0 Å². The van der Waals surface area contributed by atoms with Crippen molar-refractivity contribution in [3.8, 4) is 0 Å². The number of methoxy groups -OCH3 is 1. The Kier molecular flexibility index (Phi) is 52.1. The monoisotopic (exact) mass is 907 g/mol. The molecule has 13 nitrogen and oxygen atoms in total. The smallest absolute Gasteiger partial charge is 0.305 e. The maximum absolute atomic E-state index is 11.9. The van der Waals surface area contributed by atoms with Crippen LogP contribution in [-0.4, -0.2) is 149 Å². The molecule has 0 spiro atoms. The van der Waals surface area contributed by atoms with Gasteiger partial charge in [-0.15, -0.1) is 0 Å². The van der Waals surface area contributed by atoms with Crippen molar-refractivity contribution in [3.63, 3.8) is 0 Å². The average molecular weight is 907 g/mol. The van der Waals surface area contributed by atoms with Crippen molar-refractivity contribution < 1.29 is 53.7 Å². The van der Waals surface area contributed by atoms with E-state index in [-0.39, 0.29) is 37.3 Å². The van der Waals surface area contributed by atoms with Crippen molar-refractivity contribution in [1.82, 2.24) is 10.2 Å². The van der Waals surface area contributed by atoms with Gasteiger partial charge in [0.25, 0.3) is 0 Å². The maximum atomic E-state index is 11.9. The lowest BCUT2D eigenvalue weighted by Gasteiger charge is -2.23. The lowest BCUT2D eigenvalue weighted by atomic mass is 9.99. The highest BCUT2D eigenvalue weighted by atomic mass is 16.5. The van der Waals surface area contributed by atoms with E-state index in [1.54, 1.807) is 0 Å². The first-order valence-electron chi connectivity index (χ1n) is 25.6. The molecule has 0 aliphatic rings. The number of hydrogen-bond acceptors (Lipinski definition) is 12. The van der Waals surface area contributed by atoms with Crippen LogP contribution in [0.3, 0.4) is 0 Å². The topological polar surface area (TPSA) is 176 Å². The fourth-order valence-corrected chi connectivity index (χ4v) is 7.38. The second-order valence-electron chi connectivity index (χ2n) is 17.4. The van der Waals surface area contributed by atoms with Crippen LogP contribution in [0.4, 0.5) is 0 Å². The first-order valence-corrected chi connectivity index (χ1v) is 25.6. The fourth-order valence-electron chi connectivity index (χ4n) is 7.38. The third-order valence-electron chi connectivity index (χ3n) is 11.2. The molecule has 4 atom stereocenters. The molecule has 0 heterocycles. The third-order valence-corrected chi connectivity index (χ3v) is 11.2. The average Bonchev–Trinajstić information content (AvgIpc) is 3.27. The van der Waals surface area contributed by atoms with E-state index in [4.69, 9.17) is 29.2 Å². The van der Waals surface area contributed by atoms with E-state index >= 15 is 0 Å². The molecule has 0 saturated heterocycles. The van der Waals surface area contributed by atoms with Crippen molar-refractivity contribution in [2.24, 2.45) is 0 Å². The Morgan fingerprint density at radius 2 is 0.905 bits per heavy atom. The number of esters is 1. The van der Waals surface area contributed by atoms with E-state index in [2.05, 4.69) is 28.8 Å². The van der Waals surface area contributed by atoms with Crippen molar-refractivity contribution in [2.75, 3.05) is 87.1 Å². The molecular weight excluding hydrogens is 805 g/mol. The van der Waals surface area contributed by atoms with Crippen LogP contribution in [0.15, 0.2) is 0 Å². The van der Waals surface area contributed by atoms with Crippen LogP contribution >= 0.6 is 0 Å². The molecule has 0 bridgehead atoms. The summed E-state index contributed by atoms with van der Waals surface area (Å²) in [5, 5.41) is 41.8. The van der Waals surface area contributed by atoms with Gasteiger partial charge in [-0.1, -0.05) is 142 Å². The summed E-state index contributed by atoms with van der Waals surface area (Å²) in [7, 11) is 5.51. The quantitative estimate of drug-likeness (QED) is 0.0291. The number of nitrogens with zero attached hydrogens (tertiary/aromatic N) is 1. The SMILES string of the molecule is CCCCCCCCC(O)C(CCCCCCCC(=O)NCCCN(C)C)OCCOCCO.CCCCCCCCC(O)C(CCCCCCCC(=O)OC)OCCOCCO. The number of hydrogen-bond donors (Lipinski definition) is 5. The molecule has 0 aliphatic carbocycles. The summed E-state index contributed by atoms with van der Waals surface area (Å²) in [5.74, 6) is 0.0214. The molecule has 0 rings (SSSR count). The standard InChI is InChI=1S/C27H56N2O5.C23H46O6/c1-4-5-6-7-9-12-16-25(31)26(34-24-23-33-22-21-30)17-13-10-8-11-14-18-27(32)28-19-15-20-29(2)3;1-3-4-5-6-8-11-14-21(25)22(29-20-19-28-18-17-24)15-12-9-7-10-13-16-23(26)27-2/h25-26,30-31H,4-24H2,1-3H3,(H,28,32);21-22,24-25H,3-20H2,1-2H3. The largest absolute Gasteiger partial charge is 0.469 e. The Hall–Kier alpha value is -1.42. The highest BCUT2D eigenvalue weighted by molar-refractivity contribution is 5.75. The van der Waals surface area contributed by atoms with E-state index in [0.29, 0.717) is 52.5 Å². The fraction of sp³-hybridized carbons (Fsp3) is 0.960. The van der Waals surface area contributed by atoms with Crippen LogP contribution in [-0.2, 0) is 33.3 Å². The summed E-state index contributed by atoms with van der Waals surface area (Å²) in [6, 6.07) is 0. The van der Waals surface area contributed by atoms with Gasteiger partial charge in [0.05, 0.1) is 84.4 Å². The second-order valence-corrected chi connectivity index (χ2v) is 17.4. The minimum Gasteiger partial charge on any atom is -0.469 e. The van der Waals surface area contributed by atoms with Gasteiger partial charge >= 0.3 is 5.97 Å². The van der Waals surface area contributed by atoms with Gasteiger partial charge in [-0.3, -0.25) is 9.59 Å². The molecule has 0 aromatic carbocycles. The highest BCUT2D eigenvalue weighted by Gasteiger charge is 2.20. The van der Waals surface area contributed by atoms with E-state index in [1.807, 2.05) is 14.1 Å². The highest BCUT2D eigenvalue weighted by Crippen LogP contribution is 2.19. The lowest BCUT2D eigenvalue weighted by Crippen LogP contribution is -2.30. The Balaban J connectivity index is 0. The number of ether oxygens (including phenoxy) is 5. The van der Waals surface area contributed by atoms with Crippen molar-refractivity contribution in [1.29, 1.82) is 0 Å². The Labute approximate surface area is 386 Å². The molecule has 1 amide bonds. The Morgan fingerprint density at radius 3 is 1.32 bits per heavy atom. The number of amides is 1. The third kappa shape index (κ3) is 48.3. The molecular formula is C50H102N2O11. The molecule has 0 aliphatic heterocycles. The zero-order valence-corrected chi connectivity index (χ0v) is 41.5. The Morgan fingerprint density at radius 1 is 0.508 bits per heavy atom. The summed E-state index contributed by atoms with van der Waals surface area (Å²) in [6.45, 7) is 8.63. The first kappa shape index (κ1) is 63.7. The molecule has 378 valence electrons. The summed E-state index contributed by atoms with van der Waals surface area (Å²) in [4.78, 5) is 25.1. The van der Waals surface area contributed by atoms with Gasteiger partial charge in [0, 0.05) is 19.4 Å². The number of unbranched alkanes of at least 4 members (excludes halogenated alkanes) is 18. The summed E-state index contributed by atoms with van der Waals surface area (Å²) >= 11 is 0. The molecule has 13 heteroatoms. The van der Waals surface area contributed by atoms with Gasteiger partial charge in [-0.05, 0) is 65.6 Å². The minimum absolute atomic E-state index is 0.0140. The van der Waals surface area contributed by atoms with Crippen LogP contribution in [0, 0.1) is 0 Å². The van der Waals surface area contributed by atoms with Crippen LogP contribution < -0.4 is 5.32 Å². The number of aliphatic hydroxyl groups is 4. The zero-order valence-electron chi connectivity index (χ0n) is 41.5. The molecule has 0 radical (unpaired) electrons. The predicted octanol–water partition coefficient (Wildman–Crippen LogP) is 8.69. The van der Waals surface area contributed by atoms with Gasteiger partial charge < -0.3 is 54.3 Å². The van der Waals surface area contributed by atoms with Gasteiger partial charge in [0.2, 0.25) is 5.91 Å². The minimum atomic E-state index is -0.432. The van der Waals surface area contributed by atoms with Gasteiger partial charge in [0.1, 0.15) is 0 Å².